The first kappa shape index (κ1) is 9.33. The number of ether oxygens (including phenoxy) is 1. The van der Waals surface area contributed by atoms with E-state index in [9.17, 15) is 0 Å². The topological polar surface area (TPSA) is 22.4 Å². The van der Waals surface area contributed by atoms with E-state index in [1.165, 1.54) is 0 Å². The summed E-state index contributed by atoms with van der Waals surface area (Å²) in [5, 5.41) is 0. The van der Waals surface area contributed by atoms with E-state index in [0.29, 0.717) is 6.61 Å². The Morgan fingerprint density at radius 3 is 2.58 bits per heavy atom. The predicted molar refractivity (Wildman–Crippen MR) is 48.1 cm³/mol. The second kappa shape index (κ2) is 3.31. The maximum atomic E-state index is 5.40. The summed E-state index contributed by atoms with van der Waals surface area (Å²) in [5.74, 6) is 1.02. The van der Waals surface area contributed by atoms with Crippen LogP contribution in [-0.2, 0) is 16.8 Å². The molecule has 0 unspecified atom stereocenters. The molecule has 0 fully saturated rings. The zero-order valence-electron chi connectivity index (χ0n) is 8.18. The zero-order valence-corrected chi connectivity index (χ0v) is 8.18. The summed E-state index contributed by atoms with van der Waals surface area (Å²) in [6.45, 7) is 7.02. The molecule has 0 aliphatic heterocycles. The van der Waals surface area contributed by atoms with Crippen molar-refractivity contribution < 1.29 is 9.15 Å². The third-order valence-electron chi connectivity index (χ3n) is 1.73. The van der Waals surface area contributed by atoms with Crippen LogP contribution in [0.1, 0.15) is 32.1 Å². The summed E-state index contributed by atoms with van der Waals surface area (Å²) in [6.07, 6.45) is 1.72. The fourth-order valence-corrected chi connectivity index (χ4v) is 1.26. The average Bonchev–Trinajstić information content (AvgIpc) is 2.34. The first-order valence-corrected chi connectivity index (χ1v) is 4.11. The highest BCUT2D eigenvalue weighted by molar-refractivity contribution is 5.22. The quantitative estimate of drug-likeness (QED) is 0.677. The minimum atomic E-state index is 0.0668. The van der Waals surface area contributed by atoms with Crippen molar-refractivity contribution in [2.45, 2.75) is 32.8 Å². The van der Waals surface area contributed by atoms with E-state index in [4.69, 9.17) is 9.15 Å². The fraction of sp³-hybridized carbons (Fsp3) is 0.600. The van der Waals surface area contributed by atoms with Gasteiger partial charge in [-0.1, -0.05) is 20.8 Å². The van der Waals surface area contributed by atoms with Gasteiger partial charge in [-0.2, -0.15) is 0 Å². The van der Waals surface area contributed by atoms with Gasteiger partial charge < -0.3 is 9.15 Å². The van der Waals surface area contributed by atoms with Crippen LogP contribution in [0.4, 0.5) is 0 Å². The first-order valence-electron chi connectivity index (χ1n) is 4.11. The summed E-state index contributed by atoms with van der Waals surface area (Å²) >= 11 is 0. The minimum absolute atomic E-state index is 0.0668. The highest BCUT2D eigenvalue weighted by atomic mass is 16.5. The lowest BCUT2D eigenvalue weighted by Crippen LogP contribution is -2.12. The van der Waals surface area contributed by atoms with Gasteiger partial charge in [-0.3, -0.25) is 0 Å². The molecule has 0 saturated carbocycles. The Bertz CT molecular complexity index is 243. The molecule has 12 heavy (non-hydrogen) atoms. The van der Waals surface area contributed by atoms with Crippen molar-refractivity contribution in [3.63, 3.8) is 0 Å². The molecule has 0 aromatic carbocycles. The summed E-state index contributed by atoms with van der Waals surface area (Å²) in [7, 11) is 1.69. The van der Waals surface area contributed by atoms with E-state index in [2.05, 4.69) is 20.8 Å². The van der Waals surface area contributed by atoms with Crippen LogP contribution < -0.4 is 0 Å². The summed E-state index contributed by atoms with van der Waals surface area (Å²) in [5.41, 5.74) is 1.21. The van der Waals surface area contributed by atoms with Crippen LogP contribution in [0, 0.1) is 0 Å². The molecule has 1 rings (SSSR count). The molecule has 2 heteroatoms. The van der Waals surface area contributed by atoms with Crippen molar-refractivity contribution in [3.05, 3.63) is 23.7 Å². The summed E-state index contributed by atoms with van der Waals surface area (Å²) in [6, 6.07) is 1.96. The third kappa shape index (κ3) is 1.89. The molecule has 0 aliphatic rings. The van der Waals surface area contributed by atoms with Crippen molar-refractivity contribution in [3.8, 4) is 0 Å². The number of hydrogen-bond acceptors (Lipinski definition) is 2. The van der Waals surface area contributed by atoms with E-state index in [0.717, 1.165) is 11.3 Å². The highest BCUT2D eigenvalue weighted by Crippen LogP contribution is 2.26. The Kier molecular flexibility index (Phi) is 2.58. The smallest absolute Gasteiger partial charge is 0.114 e. The average molecular weight is 168 g/mol. The monoisotopic (exact) mass is 168 g/mol. The van der Waals surface area contributed by atoms with Crippen LogP contribution in [0.2, 0.25) is 0 Å². The molecule has 0 saturated heterocycles. The zero-order chi connectivity index (χ0) is 9.19. The Balaban J connectivity index is 2.91. The molecule has 1 aromatic heterocycles. The van der Waals surface area contributed by atoms with Gasteiger partial charge in [0.15, 0.2) is 0 Å². The molecule has 0 atom stereocenters. The first-order chi connectivity index (χ1) is 5.55. The Morgan fingerprint density at radius 1 is 1.42 bits per heavy atom. The molecular weight excluding hydrogens is 152 g/mol. The van der Waals surface area contributed by atoms with Gasteiger partial charge in [0.2, 0.25) is 0 Å². The lowest BCUT2D eigenvalue weighted by atomic mass is 9.91. The Morgan fingerprint density at radius 2 is 2.08 bits per heavy atom. The van der Waals surface area contributed by atoms with Gasteiger partial charge in [0, 0.05) is 18.1 Å². The molecule has 0 aliphatic carbocycles. The Labute approximate surface area is 73.5 Å². The SMILES string of the molecule is COCc1ccoc1C(C)(C)C. The molecule has 0 radical (unpaired) electrons. The van der Waals surface area contributed by atoms with Gasteiger partial charge in [0.1, 0.15) is 5.76 Å². The van der Waals surface area contributed by atoms with Gasteiger partial charge in [-0.15, -0.1) is 0 Å². The number of methoxy groups -OCH3 is 1. The normalized spacial score (nSPS) is 12.0. The maximum Gasteiger partial charge on any atom is 0.114 e. The molecule has 0 amide bonds. The highest BCUT2D eigenvalue weighted by Gasteiger charge is 2.21. The second-order valence-electron chi connectivity index (χ2n) is 3.96. The van der Waals surface area contributed by atoms with Gasteiger partial charge in [0.05, 0.1) is 12.9 Å². The van der Waals surface area contributed by atoms with Crippen molar-refractivity contribution in [2.24, 2.45) is 0 Å². The summed E-state index contributed by atoms with van der Waals surface area (Å²) in [4.78, 5) is 0. The molecule has 1 aromatic rings. The van der Waals surface area contributed by atoms with E-state index < -0.39 is 0 Å². The molecule has 2 nitrogen and oxygen atoms in total. The lowest BCUT2D eigenvalue weighted by molar-refractivity contribution is 0.181. The van der Waals surface area contributed by atoms with Crippen LogP contribution in [0.25, 0.3) is 0 Å². The molecule has 1 heterocycles. The summed E-state index contributed by atoms with van der Waals surface area (Å²) < 4.78 is 10.5. The second-order valence-corrected chi connectivity index (χ2v) is 3.96. The standard InChI is InChI=1S/C10H16O2/c1-10(2,3)9-8(7-11-4)5-6-12-9/h5-6H,7H2,1-4H3. The van der Waals surface area contributed by atoms with Crippen LogP contribution >= 0.6 is 0 Å². The number of rotatable bonds is 2. The van der Waals surface area contributed by atoms with Crippen LogP contribution in [0.3, 0.4) is 0 Å². The molecule has 68 valence electrons. The van der Waals surface area contributed by atoms with Crippen LogP contribution in [0.5, 0.6) is 0 Å². The van der Waals surface area contributed by atoms with Crippen molar-refractivity contribution >= 4 is 0 Å². The molecular formula is C10H16O2. The predicted octanol–water partition coefficient (Wildman–Crippen LogP) is 2.72. The molecule has 0 spiro atoms. The van der Waals surface area contributed by atoms with Crippen molar-refractivity contribution in [1.29, 1.82) is 0 Å². The number of hydrogen-bond donors (Lipinski definition) is 0. The Hall–Kier alpha value is -0.760. The maximum absolute atomic E-state index is 5.40. The number of furan rings is 1. The third-order valence-corrected chi connectivity index (χ3v) is 1.73. The molecule has 0 N–H and O–H groups in total. The lowest BCUT2D eigenvalue weighted by Gasteiger charge is -2.16. The van der Waals surface area contributed by atoms with Gasteiger partial charge in [0.25, 0.3) is 0 Å². The minimum Gasteiger partial charge on any atom is -0.468 e. The van der Waals surface area contributed by atoms with E-state index in [1.807, 2.05) is 6.07 Å². The van der Waals surface area contributed by atoms with Crippen molar-refractivity contribution in [1.82, 2.24) is 0 Å². The van der Waals surface area contributed by atoms with Crippen molar-refractivity contribution in [2.75, 3.05) is 7.11 Å². The van der Waals surface area contributed by atoms with Gasteiger partial charge >= 0.3 is 0 Å². The van der Waals surface area contributed by atoms with E-state index in [1.54, 1.807) is 13.4 Å². The largest absolute Gasteiger partial charge is 0.468 e. The van der Waals surface area contributed by atoms with Crippen LogP contribution in [-0.4, -0.2) is 7.11 Å². The van der Waals surface area contributed by atoms with E-state index >= 15 is 0 Å². The van der Waals surface area contributed by atoms with Crippen LogP contribution in [0.15, 0.2) is 16.7 Å². The van der Waals surface area contributed by atoms with Gasteiger partial charge in [-0.25, -0.2) is 0 Å². The van der Waals surface area contributed by atoms with E-state index in [-0.39, 0.29) is 5.41 Å². The fourth-order valence-electron chi connectivity index (χ4n) is 1.26. The van der Waals surface area contributed by atoms with Gasteiger partial charge in [-0.05, 0) is 6.07 Å². The molecule has 0 bridgehead atoms.